The fourth-order valence-corrected chi connectivity index (χ4v) is 4.21. The fraction of sp³-hybridized carbons (Fsp3) is 0.214. The van der Waals surface area contributed by atoms with Crippen molar-refractivity contribution in [3.05, 3.63) is 46.8 Å². The monoisotopic (exact) mass is 310 g/mol. The van der Waals surface area contributed by atoms with Crippen LogP contribution in [0.2, 0.25) is 0 Å². The van der Waals surface area contributed by atoms with Crippen LogP contribution in [0.5, 0.6) is 0 Å². The molecule has 0 radical (unpaired) electrons. The van der Waals surface area contributed by atoms with Gasteiger partial charge in [0.2, 0.25) is 9.84 Å². The van der Waals surface area contributed by atoms with Crippen molar-refractivity contribution in [3.8, 4) is 0 Å². The number of carbonyl (C=O) groups is 1. The van der Waals surface area contributed by atoms with Crippen LogP contribution in [-0.2, 0) is 14.6 Å². The van der Waals surface area contributed by atoms with Gasteiger partial charge in [-0.2, -0.15) is 0 Å². The van der Waals surface area contributed by atoms with Crippen molar-refractivity contribution < 1.29 is 17.9 Å². The van der Waals surface area contributed by atoms with Gasteiger partial charge in [0.05, 0.1) is 11.5 Å². The van der Waals surface area contributed by atoms with Gasteiger partial charge in [-0.1, -0.05) is 17.7 Å². The summed E-state index contributed by atoms with van der Waals surface area (Å²) in [5.74, 6) is -0.497. The van der Waals surface area contributed by atoms with E-state index in [9.17, 15) is 13.2 Å². The predicted molar refractivity (Wildman–Crippen MR) is 76.9 cm³/mol. The quantitative estimate of drug-likeness (QED) is 0.814. The minimum Gasteiger partial charge on any atom is -0.462 e. The van der Waals surface area contributed by atoms with Gasteiger partial charge in [-0.3, -0.25) is 0 Å². The second kappa shape index (κ2) is 5.76. The molecule has 0 fully saturated rings. The van der Waals surface area contributed by atoms with Crippen LogP contribution >= 0.6 is 11.3 Å². The Morgan fingerprint density at radius 3 is 2.40 bits per heavy atom. The van der Waals surface area contributed by atoms with E-state index in [1.165, 1.54) is 12.1 Å². The molecule has 2 aromatic rings. The number of sulfone groups is 1. The zero-order valence-corrected chi connectivity index (χ0v) is 12.8. The highest BCUT2D eigenvalue weighted by molar-refractivity contribution is 7.93. The van der Waals surface area contributed by atoms with Crippen LogP contribution < -0.4 is 0 Å². The summed E-state index contributed by atoms with van der Waals surface area (Å²) in [5.41, 5.74) is 0.988. The van der Waals surface area contributed by atoms with Crippen molar-refractivity contribution in [1.29, 1.82) is 0 Å². The number of rotatable bonds is 4. The van der Waals surface area contributed by atoms with Crippen LogP contribution in [0.25, 0.3) is 0 Å². The topological polar surface area (TPSA) is 60.4 Å². The Morgan fingerprint density at radius 1 is 1.15 bits per heavy atom. The van der Waals surface area contributed by atoms with Crippen molar-refractivity contribution in [2.75, 3.05) is 6.61 Å². The molecule has 1 aromatic carbocycles. The van der Waals surface area contributed by atoms with E-state index < -0.39 is 15.8 Å². The number of aryl methyl sites for hydroxylation is 1. The molecule has 0 bridgehead atoms. The molecular weight excluding hydrogens is 296 g/mol. The lowest BCUT2D eigenvalue weighted by Crippen LogP contribution is -2.02. The smallest absolute Gasteiger partial charge is 0.348 e. The number of ether oxygens (including phenoxy) is 1. The third kappa shape index (κ3) is 2.91. The molecule has 0 N–H and O–H groups in total. The Kier molecular flexibility index (Phi) is 4.25. The van der Waals surface area contributed by atoms with Gasteiger partial charge >= 0.3 is 5.97 Å². The summed E-state index contributed by atoms with van der Waals surface area (Å²) in [6.45, 7) is 3.85. The van der Waals surface area contributed by atoms with E-state index in [1.807, 2.05) is 6.92 Å². The summed E-state index contributed by atoms with van der Waals surface area (Å²) >= 11 is 0.924. The summed E-state index contributed by atoms with van der Waals surface area (Å²) in [6.07, 6.45) is 0. The van der Waals surface area contributed by atoms with Gasteiger partial charge in [-0.15, -0.1) is 11.3 Å². The average molecular weight is 310 g/mol. The summed E-state index contributed by atoms with van der Waals surface area (Å²) in [4.78, 5) is 12.1. The van der Waals surface area contributed by atoms with Crippen LogP contribution in [-0.4, -0.2) is 21.0 Å². The summed E-state index contributed by atoms with van der Waals surface area (Å²) < 4.78 is 29.8. The lowest BCUT2D eigenvalue weighted by molar-refractivity contribution is 0.0532. The van der Waals surface area contributed by atoms with Crippen LogP contribution in [0.4, 0.5) is 0 Å². The molecule has 4 nitrogen and oxygen atoms in total. The molecule has 0 aliphatic carbocycles. The number of hydrogen-bond donors (Lipinski definition) is 0. The third-order valence-corrected chi connectivity index (χ3v) is 5.98. The molecule has 0 unspecified atom stereocenters. The van der Waals surface area contributed by atoms with Crippen LogP contribution in [0.3, 0.4) is 0 Å². The van der Waals surface area contributed by atoms with Gasteiger partial charge in [-0.05, 0) is 38.1 Å². The maximum absolute atomic E-state index is 12.4. The van der Waals surface area contributed by atoms with Gasteiger partial charge < -0.3 is 4.74 Å². The molecule has 20 heavy (non-hydrogen) atoms. The third-order valence-electron chi connectivity index (χ3n) is 2.65. The molecule has 0 atom stereocenters. The van der Waals surface area contributed by atoms with Crippen LogP contribution in [0, 0.1) is 6.92 Å². The Balaban J connectivity index is 2.35. The van der Waals surface area contributed by atoms with E-state index in [0.717, 1.165) is 16.9 Å². The van der Waals surface area contributed by atoms with Crippen LogP contribution in [0.15, 0.2) is 45.5 Å². The second-order valence-corrected chi connectivity index (χ2v) is 7.42. The van der Waals surface area contributed by atoms with Crippen molar-refractivity contribution in [2.45, 2.75) is 23.0 Å². The minimum absolute atomic E-state index is 0.143. The molecule has 106 valence electrons. The van der Waals surface area contributed by atoms with Gasteiger partial charge in [0, 0.05) is 0 Å². The Hall–Kier alpha value is -1.66. The molecular formula is C14H14O4S2. The number of thiophene rings is 1. The van der Waals surface area contributed by atoms with E-state index >= 15 is 0 Å². The zero-order valence-electron chi connectivity index (χ0n) is 11.1. The molecule has 0 aliphatic rings. The van der Waals surface area contributed by atoms with Crippen molar-refractivity contribution in [2.24, 2.45) is 0 Å². The molecule has 0 saturated carbocycles. The summed E-state index contributed by atoms with van der Waals surface area (Å²) in [6, 6.07) is 9.53. The molecule has 0 saturated heterocycles. The first kappa shape index (κ1) is 14.7. The maximum Gasteiger partial charge on any atom is 0.348 e. The van der Waals surface area contributed by atoms with Gasteiger partial charge in [0.15, 0.2) is 0 Å². The van der Waals surface area contributed by atoms with Gasteiger partial charge in [-0.25, -0.2) is 13.2 Å². The number of benzene rings is 1. The standard InChI is InChI=1S/C14H14O4S2/c1-3-18-14(15)12-8-9-13(19-12)20(16,17)11-6-4-10(2)5-7-11/h4-9H,3H2,1-2H3. The molecule has 0 spiro atoms. The van der Waals surface area contributed by atoms with E-state index in [-0.39, 0.29) is 20.6 Å². The lowest BCUT2D eigenvalue weighted by Gasteiger charge is -2.02. The molecule has 1 aromatic heterocycles. The van der Waals surface area contributed by atoms with E-state index in [4.69, 9.17) is 4.74 Å². The first-order chi connectivity index (χ1) is 9.45. The first-order valence-corrected chi connectivity index (χ1v) is 8.34. The minimum atomic E-state index is -3.57. The summed E-state index contributed by atoms with van der Waals surface area (Å²) in [5, 5.41) is 0. The number of hydrogen-bond acceptors (Lipinski definition) is 5. The van der Waals surface area contributed by atoms with Crippen molar-refractivity contribution >= 4 is 27.1 Å². The molecule has 0 aliphatic heterocycles. The first-order valence-electron chi connectivity index (χ1n) is 6.04. The highest BCUT2D eigenvalue weighted by Gasteiger charge is 2.21. The van der Waals surface area contributed by atoms with Crippen LogP contribution in [0.1, 0.15) is 22.2 Å². The molecule has 0 amide bonds. The Bertz CT molecular complexity index is 712. The summed E-state index contributed by atoms with van der Waals surface area (Å²) in [7, 11) is -3.57. The Labute approximate surface area is 121 Å². The lowest BCUT2D eigenvalue weighted by atomic mass is 10.2. The van der Waals surface area contributed by atoms with E-state index in [0.29, 0.717) is 0 Å². The molecule has 6 heteroatoms. The van der Waals surface area contributed by atoms with Gasteiger partial charge in [0.1, 0.15) is 9.09 Å². The maximum atomic E-state index is 12.4. The highest BCUT2D eigenvalue weighted by Crippen LogP contribution is 2.28. The van der Waals surface area contributed by atoms with E-state index in [1.54, 1.807) is 31.2 Å². The number of carbonyl (C=O) groups excluding carboxylic acids is 1. The second-order valence-electron chi connectivity index (χ2n) is 4.16. The highest BCUT2D eigenvalue weighted by atomic mass is 32.2. The van der Waals surface area contributed by atoms with Gasteiger partial charge in [0.25, 0.3) is 0 Å². The average Bonchev–Trinajstić information content (AvgIpc) is 2.90. The molecule has 2 rings (SSSR count). The van der Waals surface area contributed by atoms with E-state index in [2.05, 4.69) is 0 Å². The fourth-order valence-electron chi connectivity index (χ4n) is 1.61. The normalized spacial score (nSPS) is 11.3. The SMILES string of the molecule is CCOC(=O)c1ccc(S(=O)(=O)c2ccc(C)cc2)s1. The van der Waals surface area contributed by atoms with Crippen molar-refractivity contribution in [1.82, 2.24) is 0 Å². The zero-order chi connectivity index (χ0) is 14.8. The van der Waals surface area contributed by atoms with Crippen molar-refractivity contribution in [3.63, 3.8) is 0 Å². The largest absolute Gasteiger partial charge is 0.462 e. The Morgan fingerprint density at radius 2 is 1.80 bits per heavy atom. The number of esters is 1. The molecule has 1 heterocycles. The predicted octanol–water partition coefficient (Wildman–Crippen LogP) is 3.07.